The van der Waals surface area contributed by atoms with Gasteiger partial charge in [-0.2, -0.15) is 5.10 Å². The average molecular weight is 342 g/mol. The van der Waals surface area contributed by atoms with E-state index in [4.69, 9.17) is 0 Å². The highest BCUT2D eigenvalue weighted by molar-refractivity contribution is 5.77. The van der Waals surface area contributed by atoms with Gasteiger partial charge in [-0.3, -0.25) is 9.48 Å². The summed E-state index contributed by atoms with van der Waals surface area (Å²) in [4.78, 5) is 19.5. The molecule has 1 unspecified atom stereocenters. The summed E-state index contributed by atoms with van der Waals surface area (Å²) in [5, 5.41) is 7.64. The fourth-order valence-corrected chi connectivity index (χ4v) is 4.09. The fourth-order valence-electron chi connectivity index (χ4n) is 4.09. The number of hydrogen-bond acceptors (Lipinski definition) is 4. The number of piperidine rings is 1. The minimum atomic E-state index is 0.207. The van der Waals surface area contributed by atoms with E-state index >= 15 is 0 Å². The molecule has 2 fully saturated rings. The number of rotatable bonds is 6. The number of aromatic nitrogens is 4. The monoisotopic (exact) mass is 342 g/mol. The standard InChI is InChI=1S/C18H26N6O/c1-22-12-9-20-16(22)14-24(15-13-18(15)4-7-19-8-5-18)17(25)3-11-23-10-2-6-21-23/h2,6,9-10,12,15,19H,3-5,7-8,11,13-14H2,1H3. The number of hydrogen-bond donors (Lipinski definition) is 1. The molecule has 0 bridgehead atoms. The molecule has 7 heteroatoms. The van der Waals surface area contributed by atoms with Crippen molar-refractivity contribution in [1.82, 2.24) is 29.5 Å². The molecular formula is C18H26N6O. The van der Waals surface area contributed by atoms with Gasteiger partial charge in [-0.25, -0.2) is 4.98 Å². The molecule has 0 aromatic carbocycles. The van der Waals surface area contributed by atoms with E-state index in [1.165, 1.54) is 12.8 Å². The van der Waals surface area contributed by atoms with Gasteiger partial charge in [-0.1, -0.05) is 0 Å². The van der Waals surface area contributed by atoms with Crippen LogP contribution in [0.5, 0.6) is 0 Å². The predicted octanol–water partition coefficient (Wildman–Crippen LogP) is 1.18. The molecule has 0 radical (unpaired) electrons. The number of nitrogens with one attached hydrogen (secondary N) is 1. The van der Waals surface area contributed by atoms with Crippen molar-refractivity contribution >= 4 is 5.91 Å². The summed E-state index contributed by atoms with van der Waals surface area (Å²) in [6, 6.07) is 2.25. The van der Waals surface area contributed by atoms with Crippen LogP contribution >= 0.6 is 0 Å². The SMILES string of the molecule is Cn1ccnc1CN(C(=O)CCn1cccn1)C1CC12CCNCC2. The number of imidazole rings is 1. The van der Waals surface area contributed by atoms with E-state index in [0.717, 1.165) is 25.3 Å². The average Bonchev–Trinajstić information content (AvgIpc) is 2.99. The Bertz CT molecular complexity index is 716. The third kappa shape index (κ3) is 3.33. The lowest BCUT2D eigenvalue weighted by atomic mass is 9.93. The fraction of sp³-hybridized carbons (Fsp3) is 0.611. The van der Waals surface area contributed by atoms with Crippen LogP contribution in [0, 0.1) is 5.41 Å². The van der Waals surface area contributed by atoms with Gasteiger partial charge in [0.25, 0.3) is 0 Å². The summed E-state index contributed by atoms with van der Waals surface area (Å²) in [6.07, 6.45) is 11.3. The Balaban J connectivity index is 1.47. The highest BCUT2D eigenvalue weighted by Crippen LogP contribution is 2.56. The molecule has 1 saturated heterocycles. The maximum absolute atomic E-state index is 13.0. The number of amides is 1. The molecule has 2 aromatic heterocycles. The van der Waals surface area contributed by atoms with Crippen molar-refractivity contribution in [1.29, 1.82) is 0 Å². The molecule has 1 aliphatic heterocycles. The molecule has 25 heavy (non-hydrogen) atoms. The zero-order chi connectivity index (χ0) is 17.3. The van der Waals surface area contributed by atoms with Crippen LogP contribution in [0.25, 0.3) is 0 Å². The highest BCUT2D eigenvalue weighted by Gasteiger charge is 2.57. The van der Waals surface area contributed by atoms with Crippen molar-refractivity contribution in [2.75, 3.05) is 13.1 Å². The minimum Gasteiger partial charge on any atom is -0.337 e. The number of aryl methyl sites for hydroxylation is 2. The molecule has 1 saturated carbocycles. The Labute approximate surface area is 148 Å². The molecule has 1 atom stereocenters. The molecule has 1 aliphatic carbocycles. The van der Waals surface area contributed by atoms with E-state index in [1.54, 1.807) is 12.4 Å². The first-order valence-corrected chi connectivity index (χ1v) is 9.12. The lowest BCUT2D eigenvalue weighted by molar-refractivity contribution is -0.133. The van der Waals surface area contributed by atoms with Crippen LogP contribution in [0.1, 0.15) is 31.5 Å². The second-order valence-corrected chi connectivity index (χ2v) is 7.33. The topological polar surface area (TPSA) is 68.0 Å². The van der Waals surface area contributed by atoms with E-state index in [2.05, 4.69) is 20.3 Å². The molecule has 1 spiro atoms. The molecule has 2 aliphatic rings. The maximum Gasteiger partial charge on any atom is 0.225 e. The first kappa shape index (κ1) is 16.3. The Hall–Kier alpha value is -2.15. The second kappa shape index (κ2) is 6.63. The minimum absolute atomic E-state index is 0.207. The second-order valence-electron chi connectivity index (χ2n) is 7.33. The van der Waals surface area contributed by atoms with Crippen LogP contribution in [-0.2, 0) is 24.9 Å². The maximum atomic E-state index is 13.0. The Morgan fingerprint density at radius 2 is 2.20 bits per heavy atom. The van der Waals surface area contributed by atoms with Crippen molar-refractivity contribution in [2.24, 2.45) is 12.5 Å². The number of carbonyl (C=O) groups is 1. The van der Waals surface area contributed by atoms with Gasteiger partial charge >= 0.3 is 0 Å². The summed E-state index contributed by atoms with van der Waals surface area (Å²) >= 11 is 0. The van der Waals surface area contributed by atoms with Gasteiger partial charge in [-0.15, -0.1) is 0 Å². The molecule has 1 amide bonds. The lowest BCUT2D eigenvalue weighted by Gasteiger charge is -2.29. The van der Waals surface area contributed by atoms with Gasteiger partial charge in [0.05, 0.1) is 6.54 Å². The molecule has 7 nitrogen and oxygen atoms in total. The molecule has 4 rings (SSSR count). The highest BCUT2D eigenvalue weighted by atomic mass is 16.2. The van der Waals surface area contributed by atoms with Gasteiger partial charge < -0.3 is 14.8 Å². The molecule has 3 heterocycles. The van der Waals surface area contributed by atoms with Crippen LogP contribution in [0.15, 0.2) is 30.9 Å². The van der Waals surface area contributed by atoms with E-state index in [1.807, 2.05) is 34.8 Å². The summed E-state index contributed by atoms with van der Waals surface area (Å²) in [7, 11) is 1.99. The molecule has 1 N–H and O–H groups in total. The third-order valence-electron chi connectivity index (χ3n) is 5.79. The summed E-state index contributed by atoms with van der Waals surface area (Å²) in [5.41, 5.74) is 0.331. The molecule has 134 valence electrons. The zero-order valence-corrected chi connectivity index (χ0v) is 14.8. The predicted molar refractivity (Wildman–Crippen MR) is 93.5 cm³/mol. The van der Waals surface area contributed by atoms with Crippen LogP contribution < -0.4 is 5.32 Å². The van der Waals surface area contributed by atoms with Crippen molar-refractivity contribution in [3.63, 3.8) is 0 Å². The smallest absolute Gasteiger partial charge is 0.225 e. The molecule has 2 aromatic rings. The van der Waals surface area contributed by atoms with Gasteiger partial charge in [0.15, 0.2) is 0 Å². The third-order valence-corrected chi connectivity index (χ3v) is 5.79. The van der Waals surface area contributed by atoms with Gasteiger partial charge in [-0.05, 0) is 43.8 Å². The van der Waals surface area contributed by atoms with Crippen molar-refractivity contribution in [3.05, 3.63) is 36.7 Å². The summed E-state index contributed by atoms with van der Waals surface area (Å²) in [6.45, 7) is 3.36. The summed E-state index contributed by atoms with van der Waals surface area (Å²) < 4.78 is 3.83. The van der Waals surface area contributed by atoms with E-state index in [9.17, 15) is 4.79 Å². The largest absolute Gasteiger partial charge is 0.337 e. The number of nitrogens with zero attached hydrogens (tertiary/aromatic N) is 5. The zero-order valence-electron chi connectivity index (χ0n) is 14.8. The Kier molecular flexibility index (Phi) is 4.33. The van der Waals surface area contributed by atoms with E-state index < -0.39 is 0 Å². The van der Waals surface area contributed by atoms with Gasteiger partial charge in [0.2, 0.25) is 5.91 Å². The first-order valence-electron chi connectivity index (χ1n) is 9.12. The number of carbonyl (C=O) groups excluding carboxylic acids is 1. The van der Waals surface area contributed by atoms with Crippen LogP contribution in [-0.4, -0.2) is 49.3 Å². The van der Waals surface area contributed by atoms with Crippen LogP contribution in [0.2, 0.25) is 0 Å². The molecular weight excluding hydrogens is 316 g/mol. The van der Waals surface area contributed by atoms with Crippen LogP contribution in [0.4, 0.5) is 0 Å². The van der Waals surface area contributed by atoms with Gasteiger partial charge in [0.1, 0.15) is 5.82 Å². The van der Waals surface area contributed by atoms with Crippen LogP contribution in [0.3, 0.4) is 0 Å². The Morgan fingerprint density at radius 3 is 2.88 bits per heavy atom. The van der Waals surface area contributed by atoms with Gasteiger partial charge in [0, 0.05) is 50.8 Å². The first-order chi connectivity index (χ1) is 12.2. The van der Waals surface area contributed by atoms with Crippen molar-refractivity contribution in [2.45, 2.75) is 44.8 Å². The Morgan fingerprint density at radius 1 is 1.36 bits per heavy atom. The quantitative estimate of drug-likeness (QED) is 0.856. The van der Waals surface area contributed by atoms with E-state index in [0.29, 0.717) is 31.0 Å². The van der Waals surface area contributed by atoms with E-state index in [-0.39, 0.29) is 5.91 Å². The normalized spacial score (nSPS) is 21.4. The lowest BCUT2D eigenvalue weighted by Crippen LogP contribution is -2.39. The van der Waals surface area contributed by atoms with Crippen molar-refractivity contribution < 1.29 is 4.79 Å². The van der Waals surface area contributed by atoms with Crippen molar-refractivity contribution in [3.8, 4) is 0 Å². The summed E-state index contributed by atoms with van der Waals surface area (Å²) in [5.74, 6) is 1.15.